The number of ether oxygens (including phenoxy) is 2. The molecular formula is C14H16O2S. The second kappa shape index (κ2) is 4.88. The molecule has 0 aromatic heterocycles. The van der Waals surface area contributed by atoms with E-state index >= 15 is 0 Å². The lowest BCUT2D eigenvalue weighted by Gasteiger charge is -2.20. The van der Waals surface area contributed by atoms with Crippen LogP contribution in [0.2, 0.25) is 0 Å². The van der Waals surface area contributed by atoms with E-state index in [1.807, 2.05) is 12.2 Å². The smallest absolute Gasteiger partial charge is 0.112 e. The van der Waals surface area contributed by atoms with Crippen LogP contribution >= 0.6 is 11.8 Å². The Balaban J connectivity index is 2.42. The Morgan fingerprint density at radius 1 is 1.29 bits per heavy atom. The fourth-order valence-corrected chi connectivity index (χ4v) is 2.70. The van der Waals surface area contributed by atoms with Gasteiger partial charge >= 0.3 is 0 Å². The molecule has 0 amide bonds. The van der Waals surface area contributed by atoms with Crippen molar-refractivity contribution in [1.29, 1.82) is 0 Å². The van der Waals surface area contributed by atoms with Crippen LogP contribution in [0.5, 0.6) is 0 Å². The number of methoxy groups -OCH3 is 1. The van der Waals surface area contributed by atoms with Crippen LogP contribution in [0.25, 0.3) is 0 Å². The van der Waals surface area contributed by atoms with Gasteiger partial charge in [0.1, 0.15) is 11.5 Å². The summed E-state index contributed by atoms with van der Waals surface area (Å²) in [5, 5.41) is 0. The summed E-state index contributed by atoms with van der Waals surface area (Å²) >= 11 is 1.53. The fourth-order valence-electron chi connectivity index (χ4n) is 2.02. The molecule has 0 aromatic carbocycles. The molecule has 2 unspecified atom stereocenters. The van der Waals surface area contributed by atoms with Gasteiger partial charge in [0.2, 0.25) is 0 Å². The van der Waals surface area contributed by atoms with E-state index in [1.54, 1.807) is 13.4 Å². The predicted octanol–water partition coefficient (Wildman–Crippen LogP) is 3.97. The van der Waals surface area contributed by atoms with Crippen LogP contribution in [0, 0.1) is 11.8 Å². The van der Waals surface area contributed by atoms with Crippen molar-refractivity contribution in [1.82, 2.24) is 0 Å². The van der Waals surface area contributed by atoms with Gasteiger partial charge in [0.05, 0.1) is 13.4 Å². The molecule has 0 bridgehead atoms. The third-order valence-electron chi connectivity index (χ3n) is 2.91. The van der Waals surface area contributed by atoms with Crippen molar-refractivity contribution >= 4 is 11.8 Å². The molecule has 3 heteroatoms. The molecule has 2 nitrogen and oxygen atoms in total. The van der Waals surface area contributed by atoms with Gasteiger partial charge in [-0.1, -0.05) is 31.8 Å². The molecule has 0 saturated heterocycles. The van der Waals surface area contributed by atoms with Gasteiger partial charge < -0.3 is 9.47 Å². The van der Waals surface area contributed by atoms with E-state index in [-0.39, 0.29) is 11.8 Å². The maximum atomic E-state index is 5.51. The zero-order valence-electron chi connectivity index (χ0n) is 10.1. The molecule has 17 heavy (non-hydrogen) atoms. The molecular weight excluding hydrogens is 232 g/mol. The van der Waals surface area contributed by atoms with Crippen LogP contribution in [-0.2, 0) is 9.47 Å². The summed E-state index contributed by atoms with van der Waals surface area (Å²) in [4.78, 5) is 1.86. The van der Waals surface area contributed by atoms with Crippen molar-refractivity contribution in [3.05, 3.63) is 59.0 Å². The Hall–Kier alpha value is -1.35. The summed E-state index contributed by atoms with van der Waals surface area (Å²) < 4.78 is 11.0. The highest BCUT2D eigenvalue weighted by molar-refractivity contribution is 8.07. The molecule has 0 aromatic rings. The highest BCUT2D eigenvalue weighted by atomic mass is 32.2. The molecule has 0 saturated carbocycles. The second-order valence-corrected chi connectivity index (χ2v) is 5.35. The van der Waals surface area contributed by atoms with Crippen molar-refractivity contribution in [2.24, 2.45) is 11.8 Å². The maximum absolute atomic E-state index is 5.51. The first-order valence-electron chi connectivity index (χ1n) is 5.48. The zero-order valence-corrected chi connectivity index (χ0v) is 10.9. The van der Waals surface area contributed by atoms with Gasteiger partial charge in [-0.15, -0.1) is 0 Å². The number of hydrogen-bond donors (Lipinski definition) is 0. The Bertz CT molecular complexity index is 443. The quantitative estimate of drug-likeness (QED) is 0.699. The lowest BCUT2D eigenvalue weighted by Crippen LogP contribution is -2.13. The third-order valence-corrected chi connectivity index (χ3v) is 3.67. The zero-order chi connectivity index (χ0) is 12.4. The lowest BCUT2D eigenvalue weighted by molar-refractivity contribution is 0.221. The molecule has 2 heterocycles. The van der Waals surface area contributed by atoms with E-state index in [1.165, 1.54) is 11.8 Å². The molecule has 90 valence electrons. The molecule has 0 fully saturated rings. The first kappa shape index (κ1) is 12.1. The Kier molecular flexibility index (Phi) is 3.48. The van der Waals surface area contributed by atoms with Crippen molar-refractivity contribution in [3.63, 3.8) is 0 Å². The third kappa shape index (κ3) is 2.50. The maximum Gasteiger partial charge on any atom is 0.112 e. The van der Waals surface area contributed by atoms with E-state index in [9.17, 15) is 0 Å². The first-order valence-corrected chi connectivity index (χ1v) is 6.29. The Morgan fingerprint density at radius 2 is 2.00 bits per heavy atom. The van der Waals surface area contributed by atoms with Gasteiger partial charge in [-0.05, 0) is 18.2 Å². The van der Waals surface area contributed by atoms with Crippen molar-refractivity contribution in [2.45, 2.75) is 6.92 Å². The molecule has 2 atom stereocenters. The molecule has 2 aliphatic heterocycles. The highest BCUT2D eigenvalue weighted by Crippen LogP contribution is 2.38. The molecule has 0 aliphatic carbocycles. The normalized spacial score (nSPS) is 34.5. The number of allylic oxidation sites excluding steroid dienone is 4. The average molecular weight is 248 g/mol. The largest absolute Gasteiger partial charge is 0.501 e. The SMILES string of the molecule is C=C1/C=C(/OC)C(C)C2C=CO/C2=C/C(=C)S1. The summed E-state index contributed by atoms with van der Waals surface area (Å²) in [5.74, 6) is 2.29. The van der Waals surface area contributed by atoms with Crippen molar-refractivity contribution in [3.8, 4) is 0 Å². The summed E-state index contributed by atoms with van der Waals surface area (Å²) in [6.07, 6.45) is 7.73. The van der Waals surface area contributed by atoms with E-state index in [2.05, 4.69) is 26.2 Å². The minimum Gasteiger partial charge on any atom is -0.501 e. The number of thioether (sulfide) groups is 1. The van der Waals surface area contributed by atoms with Gasteiger partial charge in [-0.3, -0.25) is 0 Å². The van der Waals surface area contributed by atoms with E-state index < -0.39 is 0 Å². The molecule has 2 aliphatic rings. The lowest BCUT2D eigenvalue weighted by atomic mass is 9.90. The fraction of sp³-hybridized carbons (Fsp3) is 0.286. The summed E-state index contributed by atoms with van der Waals surface area (Å²) in [5.41, 5.74) is 0. The summed E-state index contributed by atoms with van der Waals surface area (Å²) in [7, 11) is 1.69. The monoisotopic (exact) mass is 248 g/mol. The second-order valence-electron chi connectivity index (χ2n) is 4.09. The van der Waals surface area contributed by atoms with Gasteiger partial charge in [0, 0.05) is 21.6 Å². The van der Waals surface area contributed by atoms with Crippen LogP contribution in [0.1, 0.15) is 6.92 Å². The van der Waals surface area contributed by atoms with Crippen molar-refractivity contribution in [2.75, 3.05) is 7.11 Å². The van der Waals surface area contributed by atoms with Gasteiger partial charge in [-0.25, -0.2) is 0 Å². The van der Waals surface area contributed by atoms with E-state index in [0.29, 0.717) is 0 Å². The van der Waals surface area contributed by atoms with Crippen LogP contribution in [0.15, 0.2) is 59.0 Å². The first-order chi connectivity index (χ1) is 8.11. The van der Waals surface area contributed by atoms with E-state index in [0.717, 1.165) is 21.3 Å². The van der Waals surface area contributed by atoms with Crippen LogP contribution in [0.3, 0.4) is 0 Å². The topological polar surface area (TPSA) is 18.5 Å². The average Bonchev–Trinajstić information content (AvgIpc) is 2.72. The minimum absolute atomic E-state index is 0.212. The molecule has 0 radical (unpaired) electrons. The summed E-state index contributed by atoms with van der Waals surface area (Å²) in [6.45, 7) is 10.1. The highest BCUT2D eigenvalue weighted by Gasteiger charge is 2.28. The predicted molar refractivity (Wildman–Crippen MR) is 71.9 cm³/mol. The van der Waals surface area contributed by atoms with E-state index in [4.69, 9.17) is 9.47 Å². The number of fused-ring (bicyclic) bond motifs is 1. The summed E-state index contributed by atoms with van der Waals surface area (Å²) in [6, 6.07) is 0. The molecule has 0 N–H and O–H groups in total. The van der Waals surface area contributed by atoms with Crippen LogP contribution in [-0.4, -0.2) is 7.11 Å². The van der Waals surface area contributed by atoms with Gasteiger partial charge in [0.15, 0.2) is 0 Å². The van der Waals surface area contributed by atoms with Crippen LogP contribution < -0.4 is 0 Å². The molecule has 0 spiro atoms. The minimum atomic E-state index is 0.212. The number of rotatable bonds is 1. The number of hydrogen-bond acceptors (Lipinski definition) is 3. The molecule has 2 rings (SSSR count). The van der Waals surface area contributed by atoms with Gasteiger partial charge in [0.25, 0.3) is 0 Å². The van der Waals surface area contributed by atoms with Gasteiger partial charge in [-0.2, -0.15) is 0 Å². The van der Waals surface area contributed by atoms with Crippen molar-refractivity contribution < 1.29 is 9.47 Å². The Labute approximate surface area is 106 Å². The van der Waals surface area contributed by atoms with Crippen LogP contribution in [0.4, 0.5) is 0 Å². The Morgan fingerprint density at radius 3 is 2.71 bits per heavy atom. The standard InChI is InChI=1S/C14H16O2S/c1-9-7-13(15-4)11(3)12-5-6-16-14(12)8-10(2)17-9/h5-8,11-12H,1-2H2,3-4H3/b13-7+,14-8+.